The number of nitrogens with zero attached hydrogens (tertiary/aromatic N) is 4. The van der Waals surface area contributed by atoms with E-state index in [1.165, 1.54) is 27.3 Å². The summed E-state index contributed by atoms with van der Waals surface area (Å²) in [6.45, 7) is 0. The average molecular weight is 841 g/mol. The van der Waals surface area contributed by atoms with Crippen LogP contribution in [0.1, 0.15) is 0 Å². The fourth-order valence-electron chi connectivity index (χ4n) is 9.97. The van der Waals surface area contributed by atoms with Crippen LogP contribution in [0.15, 0.2) is 243 Å². The summed E-state index contributed by atoms with van der Waals surface area (Å²) >= 11 is 0. The van der Waals surface area contributed by atoms with E-state index in [1.54, 1.807) is 0 Å². The number of hydrogen-bond acceptors (Lipinski definition) is 2. The maximum Gasteiger partial charge on any atom is 0.145 e. The summed E-state index contributed by atoms with van der Waals surface area (Å²) in [7, 11) is 0. The molecule has 0 aliphatic rings. The zero-order chi connectivity index (χ0) is 43.6. The Hall–Kier alpha value is -8.86. The van der Waals surface area contributed by atoms with Gasteiger partial charge >= 0.3 is 0 Å². The summed E-state index contributed by atoms with van der Waals surface area (Å²) < 4.78 is 4.75. The van der Waals surface area contributed by atoms with Crippen LogP contribution in [0.25, 0.3) is 122 Å². The molecule has 0 amide bonds. The molecule has 0 spiro atoms. The molecule has 4 heteroatoms. The van der Waals surface area contributed by atoms with Crippen molar-refractivity contribution < 1.29 is 0 Å². The molecule has 0 N–H and O–H groups in total. The Bertz CT molecular complexity index is 3910. The van der Waals surface area contributed by atoms with Crippen molar-refractivity contribution in [1.29, 1.82) is 0 Å². The molecule has 3 heterocycles. The van der Waals surface area contributed by atoms with Gasteiger partial charge in [0.05, 0.1) is 33.3 Å². The normalized spacial score (nSPS) is 11.6. The van der Waals surface area contributed by atoms with Crippen molar-refractivity contribution in [2.45, 2.75) is 0 Å². The minimum Gasteiger partial charge on any atom is -0.309 e. The van der Waals surface area contributed by atoms with Crippen LogP contribution in [0.4, 0.5) is 0 Å². The van der Waals surface area contributed by atoms with Crippen molar-refractivity contribution in [3.8, 4) is 67.4 Å². The summed E-state index contributed by atoms with van der Waals surface area (Å²) in [5.74, 6) is 0.892. The number of imidazole rings is 1. The van der Waals surface area contributed by atoms with Gasteiger partial charge in [-0.15, -0.1) is 0 Å². The van der Waals surface area contributed by atoms with Crippen molar-refractivity contribution in [3.05, 3.63) is 243 Å². The van der Waals surface area contributed by atoms with Crippen LogP contribution in [0.2, 0.25) is 0 Å². The highest BCUT2D eigenvalue weighted by Crippen LogP contribution is 2.41. The summed E-state index contributed by atoms with van der Waals surface area (Å²) in [5, 5.41) is 5.83. The molecule has 0 aliphatic heterocycles. The first-order valence-corrected chi connectivity index (χ1v) is 22.5. The van der Waals surface area contributed by atoms with E-state index in [0.717, 1.165) is 94.6 Å². The molecule has 10 aromatic carbocycles. The van der Waals surface area contributed by atoms with Gasteiger partial charge in [-0.3, -0.25) is 4.57 Å². The lowest BCUT2D eigenvalue weighted by molar-refractivity contribution is 1.10. The van der Waals surface area contributed by atoms with Crippen molar-refractivity contribution in [1.82, 2.24) is 19.1 Å². The number of fused-ring (bicyclic) bond motifs is 7. The summed E-state index contributed by atoms with van der Waals surface area (Å²) in [6, 6.07) is 87.0. The molecule has 0 bridgehead atoms. The van der Waals surface area contributed by atoms with E-state index in [4.69, 9.17) is 9.97 Å². The molecule has 4 nitrogen and oxygen atoms in total. The number of hydrogen-bond donors (Lipinski definition) is 0. The Kier molecular flexibility index (Phi) is 8.81. The molecule has 0 radical (unpaired) electrons. The van der Waals surface area contributed by atoms with Gasteiger partial charge in [0.1, 0.15) is 5.82 Å². The molecule has 308 valence electrons. The second-order valence-electron chi connectivity index (χ2n) is 17.0. The van der Waals surface area contributed by atoms with Crippen LogP contribution in [0.5, 0.6) is 0 Å². The van der Waals surface area contributed by atoms with Crippen molar-refractivity contribution >= 4 is 54.5 Å². The Morgan fingerprint density at radius 2 is 0.803 bits per heavy atom. The molecular weight excluding hydrogens is 801 g/mol. The van der Waals surface area contributed by atoms with Gasteiger partial charge < -0.3 is 4.57 Å². The Balaban J connectivity index is 0.998. The van der Waals surface area contributed by atoms with Crippen molar-refractivity contribution in [3.63, 3.8) is 0 Å². The monoisotopic (exact) mass is 840 g/mol. The van der Waals surface area contributed by atoms with Crippen molar-refractivity contribution in [2.75, 3.05) is 0 Å². The first kappa shape index (κ1) is 37.7. The highest BCUT2D eigenvalue weighted by molar-refractivity contribution is 6.19. The standard InChI is InChI=1S/C62H40N4/c1-5-18-41(19-6-1)47-35-48(42-20-7-2-8-21-42)37-50(36-47)66-58-31-16-15-30-56(58)64-62(66)46-25-17-24-44(34-46)45-32-33-52-55-39-57-54(40-60(55)65(59(52)38-45)49-26-11-4-12-27-49)51-28-13-14-29-53(51)61(63-57)43-22-9-3-10-23-43/h1-40H. The predicted octanol–water partition coefficient (Wildman–Crippen LogP) is 16.2. The third kappa shape index (κ3) is 6.30. The molecule has 0 unspecified atom stereocenters. The fraction of sp³-hybridized carbons (Fsp3) is 0. The highest BCUT2D eigenvalue weighted by Gasteiger charge is 2.20. The summed E-state index contributed by atoms with van der Waals surface area (Å²) in [6.07, 6.45) is 0. The van der Waals surface area contributed by atoms with E-state index < -0.39 is 0 Å². The third-order valence-corrected chi connectivity index (χ3v) is 13.1. The first-order chi connectivity index (χ1) is 32.7. The van der Waals surface area contributed by atoms with Crippen LogP contribution in [0.3, 0.4) is 0 Å². The first-order valence-electron chi connectivity index (χ1n) is 22.5. The quantitative estimate of drug-likeness (QED) is 0.150. The maximum absolute atomic E-state index is 5.38. The van der Waals surface area contributed by atoms with Gasteiger partial charge in [0.15, 0.2) is 0 Å². The smallest absolute Gasteiger partial charge is 0.145 e. The second-order valence-corrected chi connectivity index (χ2v) is 17.0. The van der Waals surface area contributed by atoms with Gasteiger partial charge in [0.2, 0.25) is 0 Å². The highest BCUT2D eigenvalue weighted by atomic mass is 15.1. The lowest BCUT2D eigenvalue weighted by Crippen LogP contribution is -1.99. The predicted molar refractivity (Wildman–Crippen MR) is 275 cm³/mol. The number of para-hydroxylation sites is 3. The fourth-order valence-corrected chi connectivity index (χ4v) is 9.97. The number of rotatable bonds is 7. The van der Waals surface area contributed by atoms with Crippen LogP contribution in [-0.2, 0) is 0 Å². The maximum atomic E-state index is 5.38. The molecule has 0 saturated heterocycles. The van der Waals surface area contributed by atoms with Gasteiger partial charge in [0.25, 0.3) is 0 Å². The van der Waals surface area contributed by atoms with Crippen LogP contribution < -0.4 is 0 Å². The minimum absolute atomic E-state index is 0.892. The van der Waals surface area contributed by atoms with Gasteiger partial charge in [-0.1, -0.05) is 176 Å². The van der Waals surface area contributed by atoms with E-state index in [2.05, 4.69) is 252 Å². The third-order valence-electron chi connectivity index (χ3n) is 13.1. The zero-order valence-electron chi connectivity index (χ0n) is 35.9. The van der Waals surface area contributed by atoms with Crippen molar-refractivity contribution in [2.24, 2.45) is 0 Å². The minimum atomic E-state index is 0.892. The topological polar surface area (TPSA) is 35.6 Å². The molecule has 0 fully saturated rings. The van der Waals surface area contributed by atoms with E-state index in [9.17, 15) is 0 Å². The van der Waals surface area contributed by atoms with E-state index in [0.29, 0.717) is 0 Å². The summed E-state index contributed by atoms with van der Waals surface area (Å²) in [5.41, 5.74) is 17.5. The van der Waals surface area contributed by atoms with Gasteiger partial charge in [-0.05, 0) is 105 Å². The van der Waals surface area contributed by atoms with Crippen LogP contribution in [0, 0.1) is 0 Å². The lowest BCUT2D eigenvalue weighted by Gasteiger charge is -2.15. The zero-order valence-corrected chi connectivity index (χ0v) is 35.9. The van der Waals surface area contributed by atoms with E-state index in [-0.39, 0.29) is 0 Å². The molecule has 0 saturated carbocycles. The number of pyridine rings is 1. The van der Waals surface area contributed by atoms with Gasteiger partial charge in [-0.25, -0.2) is 9.97 Å². The number of aromatic nitrogens is 4. The molecule has 0 atom stereocenters. The Labute approximate surface area is 382 Å². The van der Waals surface area contributed by atoms with E-state index in [1.807, 2.05) is 0 Å². The largest absolute Gasteiger partial charge is 0.309 e. The molecule has 13 rings (SSSR count). The van der Waals surface area contributed by atoms with Crippen LogP contribution in [-0.4, -0.2) is 19.1 Å². The van der Waals surface area contributed by atoms with Gasteiger partial charge in [0, 0.05) is 44.0 Å². The second kappa shape index (κ2) is 15.4. The van der Waals surface area contributed by atoms with E-state index >= 15 is 0 Å². The molecular formula is C62H40N4. The molecule has 3 aromatic heterocycles. The Morgan fingerprint density at radius 1 is 0.242 bits per heavy atom. The van der Waals surface area contributed by atoms with Crippen LogP contribution >= 0.6 is 0 Å². The summed E-state index contributed by atoms with van der Waals surface area (Å²) in [4.78, 5) is 10.7. The number of benzene rings is 10. The molecule has 13 aromatic rings. The average Bonchev–Trinajstić information content (AvgIpc) is 3.94. The molecule has 66 heavy (non-hydrogen) atoms. The lowest BCUT2D eigenvalue weighted by atomic mass is 9.97. The Morgan fingerprint density at radius 3 is 1.53 bits per heavy atom. The van der Waals surface area contributed by atoms with Gasteiger partial charge in [-0.2, -0.15) is 0 Å². The molecule has 0 aliphatic carbocycles. The SMILES string of the molecule is c1ccc(-c2cc(-c3ccccc3)cc(-n3c(-c4cccc(-c5ccc6c7cc8nc(-c9ccccc9)c9ccccc9c8cc7n(-c7ccccc7)c6c5)c4)nc4ccccc43)c2)cc1.